The summed E-state index contributed by atoms with van der Waals surface area (Å²) in [6, 6.07) is 9.68. The van der Waals surface area contributed by atoms with Gasteiger partial charge in [0.15, 0.2) is 6.61 Å². The molecule has 1 N–H and O–H groups in total. The van der Waals surface area contributed by atoms with Crippen molar-refractivity contribution in [2.24, 2.45) is 0 Å². The Labute approximate surface area is 140 Å². The molecule has 132 valence electrons. The van der Waals surface area contributed by atoms with E-state index in [1.54, 1.807) is 0 Å². The summed E-state index contributed by atoms with van der Waals surface area (Å²) in [7, 11) is 0. The van der Waals surface area contributed by atoms with Gasteiger partial charge in [-0.25, -0.2) is 4.39 Å². The predicted molar refractivity (Wildman–Crippen MR) is 81.1 cm³/mol. The molecular weight excluding hydrogens is 342 g/mol. The molecule has 25 heavy (non-hydrogen) atoms. The van der Waals surface area contributed by atoms with E-state index in [2.05, 4.69) is 5.32 Å². The molecule has 0 heterocycles. The molecule has 8 heteroatoms. The van der Waals surface area contributed by atoms with Crippen LogP contribution in [-0.4, -0.2) is 18.5 Å². The second kappa shape index (κ2) is 7.78. The van der Waals surface area contributed by atoms with E-state index >= 15 is 0 Å². The van der Waals surface area contributed by atoms with Gasteiger partial charge in [-0.1, -0.05) is 30.3 Å². The molecule has 2 aromatic rings. The Bertz CT molecular complexity index is 774. The van der Waals surface area contributed by atoms with Gasteiger partial charge in [-0.2, -0.15) is 13.2 Å². The molecule has 0 saturated carbocycles. The molecule has 0 fully saturated rings. The Morgan fingerprint density at radius 3 is 2.44 bits per heavy atom. The van der Waals surface area contributed by atoms with Gasteiger partial charge in [0.25, 0.3) is 5.91 Å². The number of esters is 1. The van der Waals surface area contributed by atoms with E-state index in [4.69, 9.17) is 4.74 Å². The molecule has 2 rings (SSSR count). The zero-order valence-electron chi connectivity index (χ0n) is 12.8. The summed E-state index contributed by atoms with van der Waals surface area (Å²) in [5.74, 6) is -2.28. The van der Waals surface area contributed by atoms with Crippen molar-refractivity contribution in [1.29, 1.82) is 0 Å². The summed E-state index contributed by atoms with van der Waals surface area (Å²) >= 11 is 0. The molecule has 1 amide bonds. The summed E-state index contributed by atoms with van der Waals surface area (Å²) < 4.78 is 55.8. The number of halogens is 4. The number of alkyl halides is 3. The Hall–Kier alpha value is -2.90. The van der Waals surface area contributed by atoms with Gasteiger partial charge in [0.1, 0.15) is 5.82 Å². The van der Waals surface area contributed by atoms with Gasteiger partial charge >= 0.3 is 12.1 Å². The van der Waals surface area contributed by atoms with Crippen LogP contribution in [0.3, 0.4) is 0 Å². The van der Waals surface area contributed by atoms with Crippen molar-refractivity contribution in [3.05, 3.63) is 65.5 Å². The number of hydrogen-bond acceptors (Lipinski definition) is 3. The van der Waals surface area contributed by atoms with Crippen LogP contribution in [0.1, 0.15) is 11.1 Å². The van der Waals surface area contributed by atoms with Gasteiger partial charge < -0.3 is 10.1 Å². The second-order valence-corrected chi connectivity index (χ2v) is 5.06. The minimum atomic E-state index is -4.51. The average Bonchev–Trinajstić information content (AvgIpc) is 2.55. The SMILES string of the molecule is O=C(COC(=O)Cc1cccc(C(F)(F)F)c1)Nc1ccccc1F. The number of benzene rings is 2. The standard InChI is InChI=1S/C17H13F4NO3/c18-13-6-1-2-7-14(13)22-15(23)10-25-16(24)9-11-4-3-5-12(8-11)17(19,20)21/h1-8H,9-10H2,(H,22,23). The summed E-state index contributed by atoms with van der Waals surface area (Å²) in [5, 5.41) is 2.22. The van der Waals surface area contributed by atoms with E-state index in [9.17, 15) is 27.2 Å². The van der Waals surface area contributed by atoms with Crippen molar-refractivity contribution >= 4 is 17.6 Å². The minimum Gasteiger partial charge on any atom is -0.455 e. The van der Waals surface area contributed by atoms with E-state index < -0.39 is 42.5 Å². The maximum Gasteiger partial charge on any atom is 0.416 e. The molecule has 0 bridgehead atoms. The van der Waals surface area contributed by atoms with E-state index in [-0.39, 0.29) is 11.3 Å². The highest BCUT2D eigenvalue weighted by Crippen LogP contribution is 2.29. The monoisotopic (exact) mass is 355 g/mol. The summed E-state index contributed by atoms with van der Waals surface area (Å²) in [6.07, 6.45) is -4.93. The van der Waals surface area contributed by atoms with Gasteiger partial charge in [-0.3, -0.25) is 9.59 Å². The van der Waals surface area contributed by atoms with Gasteiger partial charge in [0, 0.05) is 0 Å². The molecule has 0 saturated heterocycles. The lowest BCUT2D eigenvalue weighted by atomic mass is 10.1. The van der Waals surface area contributed by atoms with Crippen LogP contribution in [0.15, 0.2) is 48.5 Å². The van der Waals surface area contributed by atoms with Crippen molar-refractivity contribution in [3.8, 4) is 0 Å². The number of amides is 1. The Kier molecular flexibility index (Phi) is 5.74. The third kappa shape index (κ3) is 5.59. The highest BCUT2D eigenvalue weighted by atomic mass is 19.4. The lowest BCUT2D eigenvalue weighted by Crippen LogP contribution is -2.22. The number of ether oxygens (including phenoxy) is 1. The molecule has 0 radical (unpaired) electrons. The number of carbonyl (C=O) groups excluding carboxylic acids is 2. The first-order valence-electron chi connectivity index (χ1n) is 7.12. The average molecular weight is 355 g/mol. The van der Waals surface area contributed by atoms with Crippen LogP contribution in [-0.2, 0) is 26.9 Å². The first kappa shape index (κ1) is 18.4. The second-order valence-electron chi connectivity index (χ2n) is 5.06. The quantitative estimate of drug-likeness (QED) is 0.659. The Morgan fingerprint density at radius 2 is 1.76 bits per heavy atom. The first-order chi connectivity index (χ1) is 11.8. The summed E-state index contributed by atoms with van der Waals surface area (Å²) in [5.41, 5.74) is -0.842. The van der Waals surface area contributed by atoms with Crippen molar-refractivity contribution in [1.82, 2.24) is 0 Å². The maximum atomic E-state index is 13.4. The number of para-hydroxylation sites is 1. The molecule has 0 unspecified atom stereocenters. The predicted octanol–water partition coefficient (Wildman–Crippen LogP) is 3.57. The largest absolute Gasteiger partial charge is 0.455 e. The fourth-order valence-corrected chi connectivity index (χ4v) is 1.97. The molecule has 0 atom stereocenters. The molecule has 0 spiro atoms. The van der Waals surface area contributed by atoms with Crippen LogP contribution in [0.2, 0.25) is 0 Å². The van der Waals surface area contributed by atoms with Crippen molar-refractivity contribution < 1.29 is 31.9 Å². The summed E-state index contributed by atoms with van der Waals surface area (Å²) in [4.78, 5) is 23.2. The van der Waals surface area contributed by atoms with Crippen LogP contribution in [0.5, 0.6) is 0 Å². The number of rotatable bonds is 5. The van der Waals surface area contributed by atoms with Crippen molar-refractivity contribution in [2.45, 2.75) is 12.6 Å². The van der Waals surface area contributed by atoms with Gasteiger partial charge in [-0.05, 0) is 23.8 Å². The van der Waals surface area contributed by atoms with Gasteiger partial charge in [0.05, 0.1) is 17.7 Å². The minimum absolute atomic E-state index is 0.0681. The Morgan fingerprint density at radius 1 is 1.04 bits per heavy atom. The van der Waals surface area contributed by atoms with Crippen molar-refractivity contribution in [3.63, 3.8) is 0 Å². The molecule has 0 aliphatic rings. The topological polar surface area (TPSA) is 55.4 Å². The van der Waals surface area contributed by atoms with E-state index in [0.717, 1.165) is 18.2 Å². The number of anilines is 1. The third-order valence-electron chi connectivity index (χ3n) is 3.11. The van der Waals surface area contributed by atoms with Crippen LogP contribution in [0.25, 0.3) is 0 Å². The van der Waals surface area contributed by atoms with Crippen molar-refractivity contribution in [2.75, 3.05) is 11.9 Å². The number of hydrogen-bond donors (Lipinski definition) is 1. The summed E-state index contributed by atoms with van der Waals surface area (Å²) in [6.45, 7) is -0.674. The van der Waals surface area contributed by atoms with E-state index in [0.29, 0.717) is 0 Å². The maximum absolute atomic E-state index is 13.4. The lowest BCUT2D eigenvalue weighted by Gasteiger charge is -2.09. The molecule has 0 aliphatic carbocycles. The van der Waals surface area contributed by atoms with Crippen LogP contribution in [0, 0.1) is 5.82 Å². The highest BCUT2D eigenvalue weighted by molar-refractivity contribution is 5.93. The van der Waals surface area contributed by atoms with E-state index in [1.165, 1.54) is 30.3 Å². The fourth-order valence-electron chi connectivity index (χ4n) is 1.97. The highest BCUT2D eigenvalue weighted by Gasteiger charge is 2.30. The zero-order chi connectivity index (χ0) is 18.4. The molecule has 0 aliphatic heterocycles. The van der Waals surface area contributed by atoms with Crippen LogP contribution >= 0.6 is 0 Å². The van der Waals surface area contributed by atoms with Crippen LogP contribution in [0.4, 0.5) is 23.2 Å². The smallest absolute Gasteiger partial charge is 0.416 e. The van der Waals surface area contributed by atoms with E-state index in [1.807, 2.05) is 0 Å². The first-order valence-corrected chi connectivity index (χ1v) is 7.12. The zero-order valence-corrected chi connectivity index (χ0v) is 12.8. The van der Waals surface area contributed by atoms with Gasteiger partial charge in [-0.15, -0.1) is 0 Å². The number of carbonyl (C=O) groups is 2. The normalized spacial score (nSPS) is 11.0. The fraction of sp³-hybridized carbons (Fsp3) is 0.176. The molecule has 0 aromatic heterocycles. The molecular formula is C17H13F4NO3. The van der Waals surface area contributed by atoms with Gasteiger partial charge in [0.2, 0.25) is 0 Å². The number of nitrogens with one attached hydrogen (secondary N) is 1. The molecule has 4 nitrogen and oxygen atoms in total. The molecule has 2 aromatic carbocycles. The lowest BCUT2D eigenvalue weighted by molar-refractivity contribution is -0.146. The Balaban J connectivity index is 1.87. The third-order valence-corrected chi connectivity index (χ3v) is 3.11. The van der Waals surface area contributed by atoms with Crippen LogP contribution < -0.4 is 5.32 Å².